The Kier molecular flexibility index (Phi) is 5.37. The number of amides is 1. The summed E-state index contributed by atoms with van der Waals surface area (Å²) in [4.78, 5) is 21.0. The second-order valence-electron chi connectivity index (χ2n) is 9.72. The highest BCUT2D eigenvalue weighted by Gasteiger charge is 2.54. The third kappa shape index (κ3) is 3.84. The normalized spacial score (nSPS) is 18.3. The van der Waals surface area contributed by atoms with Crippen LogP contribution < -0.4 is 10.2 Å². The average molecular weight is 485 g/mol. The topological polar surface area (TPSA) is 74.2 Å². The molecular formula is C25H27F3N6O. The zero-order chi connectivity index (χ0) is 25.1. The van der Waals surface area contributed by atoms with Gasteiger partial charge in [0.1, 0.15) is 5.82 Å². The van der Waals surface area contributed by atoms with Crippen LogP contribution in [0.5, 0.6) is 0 Å². The van der Waals surface area contributed by atoms with Crippen LogP contribution >= 0.6 is 0 Å². The Bertz CT molecular complexity index is 1320. The Morgan fingerprint density at radius 3 is 2.54 bits per heavy atom. The molecule has 1 atom stereocenters. The van der Waals surface area contributed by atoms with Gasteiger partial charge < -0.3 is 15.1 Å². The van der Waals surface area contributed by atoms with Crippen molar-refractivity contribution in [3.8, 4) is 0 Å². The highest BCUT2D eigenvalue weighted by atomic mass is 19.4. The number of halogens is 3. The summed E-state index contributed by atoms with van der Waals surface area (Å²) in [5.41, 5.74) is 0.463. The Labute approximate surface area is 201 Å². The number of fused-ring (bicyclic) bond motifs is 1. The molecule has 35 heavy (non-hydrogen) atoms. The smallest absolute Gasteiger partial charge is 0.362 e. The number of anilines is 2. The van der Waals surface area contributed by atoms with Gasteiger partial charge in [-0.1, -0.05) is 12.1 Å². The SMILES string of the molecule is Cc1c([C@@H](C)Nc2nnc(C)c3cnc(N4CC5(CCN(C)C5=O)C4)cc23)cccc1C(F)(F)F. The quantitative estimate of drug-likeness (QED) is 0.588. The van der Waals surface area contributed by atoms with Crippen molar-refractivity contribution in [3.05, 3.63) is 52.8 Å². The first kappa shape index (κ1) is 23.3. The molecule has 4 heterocycles. The van der Waals surface area contributed by atoms with E-state index < -0.39 is 17.8 Å². The summed E-state index contributed by atoms with van der Waals surface area (Å²) >= 11 is 0. The molecule has 0 radical (unpaired) electrons. The first-order valence-electron chi connectivity index (χ1n) is 11.6. The Hall–Kier alpha value is -3.43. The molecule has 1 amide bonds. The largest absolute Gasteiger partial charge is 0.416 e. The van der Waals surface area contributed by atoms with Crippen LogP contribution in [0.2, 0.25) is 0 Å². The summed E-state index contributed by atoms with van der Waals surface area (Å²) in [5.74, 6) is 1.40. The van der Waals surface area contributed by atoms with E-state index in [1.807, 2.05) is 20.0 Å². The number of alkyl halides is 3. The van der Waals surface area contributed by atoms with Crippen molar-refractivity contribution < 1.29 is 18.0 Å². The molecule has 2 saturated heterocycles. The van der Waals surface area contributed by atoms with Gasteiger partial charge in [-0.15, -0.1) is 5.10 Å². The van der Waals surface area contributed by atoms with Gasteiger partial charge in [0.25, 0.3) is 0 Å². The van der Waals surface area contributed by atoms with E-state index in [1.165, 1.54) is 13.0 Å². The summed E-state index contributed by atoms with van der Waals surface area (Å²) in [7, 11) is 1.83. The zero-order valence-corrected chi connectivity index (χ0v) is 20.1. The van der Waals surface area contributed by atoms with Gasteiger partial charge in [-0.25, -0.2) is 4.98 Å². The number of likely N-dealkylation sites (tertiary alicyclic amines) is 1. The van der Waals surface area contributed by atoms with E-state index in [1.54, 1.807) is 24.1 Å². The minimum atomic E-state index is -4.42. The van der Waals surface area contributed by atoms with Gasteiger partial charge in [0.15, 0.2) is 5.82 Å². The van der Waals surface area contributed by atoms with E-state index in [0.717, 1.165) is 35.6 Å². The molecule has 2 fully saturated rings. The van der Waals surface area contributed by atoms with Crippen LogP contribution in [0.1, 0.15) is 41.8 Å². The molecule has 2 aliphatic heterocycles. The van der Waals surface area contributed by atoms with Gasteiger partial charge in [-0.05, 0) is 50.5 Å². The highest BCUT2D eigenvalue weighted by molar-refractivity contribution is 5.95. The maximum Gasteiger partial charge on any atom is 0.416 e. The van der Waals surface area contributed by atoms with E-state index >= 15 is 0 Å². The number of carbonyl (C=O) groups excluding carboxylic acids is 1. The molecule has 0 bridgehead atoms. The zero-order valence-electron chi connectivity index (χ0n) is 20.1. The number of benzene rings is 1. The number of hydrogen-bond acceptors (Lipinski definition) is 6. The lowest BCUT2D eigenvalue weighted by molar-refractivity contribution is -0.138. The summed E-state index contributed by atoms with van der Waals surface area (Å²) in [6.07, 6.45) is -1.83. The third-order valence-electron chi connectivity index (χ3n) is 7.37. The van der Waals surface area contributed by atoms with Crippen molar-refractivity contribution in [2.45, 2.75) is 39.4 Å². The molecule has 1 N–H and O–H groups in total. The minimum Gasteiger partial charge on any atom is -0.362 e. The van der Waals surface area contributed by atoms with Crippen LogP contribution in [0.15, 0.2) is 30.5 Å². The summed E-state index contributed by atoms with van der Waals surface area (Å²) in [5, 5.41) is 13.4. The standard InChI is InChI=1S/C25H27F3N6O/c1-14-17(6-5-7-20(14)25(26,27)28)15(2)30-22-18-10-21(29-11-19(18)16(3)31-32-22)34-12-24(13-34)8-9-33(4)23(24)35/h5-7,10-11,15H,8-9,12-13H2,1-4H3,(H,30,32)/t15-/m1/s1. The van der Waals surface area contributed by atoms with Crippen LogP contribution in [0, 0.1) is 19.3 Å². The number of carbonyl (C=O) groups is 1. The van der Waals surface area contributed by atoms with Gasteiger partial charge in [0, 0.05) is 43.7 Å². The van der Waals surface area contributed by atoms with E-state index in [0.29, 0.717) is 30.2 Å². The van der Waals surface area contributed by atoms with Gasteiger partial charge in [-0.2, -0.15) is 18.3 Å². The monoisotopic (exact) mass is 484 g/mol. The van der Waals surface area contributed by atoms with Crippen LogP contribution in [0.25, 0.3) is 10.8 Å². The van der Waals surface area contributed by atoms with E-state index in [4.69, 9.17) is 0 Å². The molecule has 0 unspecified atom stereocenters. The van der Waals surface area contributed by atoms with E-state index in [-0.39, 0.29) is 16.9 Å². The van der Waals surface area contributed by atoms with Crippen LogP contribution in [-0.4, -0.2) is 52.7 Å². The number of nitrogens with zero attached hydrogens (tertiary/aromatic N) is 5. The molecule has 3 aromatic rings. The van der Waals surface area contributed by atoms with Crippen molar-refractivity contribution in [2.24, 2.45) is 5.41 Å². The van der Waals surface area contributed by atoms with E-state index in [2.05, 4.69) is 25.4 Å². The number of hydrogen-bond donors (Lipinski definition) is 1. The molecule has 1 aromatic carbocycles. The predicted octanol–water partition coefficient (Wildman–Crippen LogP) is 4.50. The lowest BCUT2D eigenvalue weighted by Gasteiger charge is -2.47. The Morgan fingerprint density at radius 1 is 1.14 bits per heavy atom. The summed E-state index contributed by atoms with van der Waals surface area (Å²) in [6.45, 7) is 7.14. The molecule has 10 heteroatoms. The second kappa shape index (κ2) is 8.07. The van der Waals surface area contributed by atoms with E-state index in [9.17, 15) is 18.0 Å². The number of rotatable bonds is 4. The maximum atomic E-state index is 13.4. The average Bonchev–Trinajstić information content (AvgIpc) is 3.08. The number of aromatic nitrogens is 3. The summed E-state index contributed by atoms with van der Waals surface area (Å²) in [6, 6.07) is 5.69. The van der Waals surface area contributed by atoms with Crippen molar-refractivity contribution in [3.63, 3.8) is 0 Å². The van der Waals surface area contributed by atoms with Crippen molar-refractivity contribution in [1.29, 1.82) is 0 Å². The maximum absolute atomic E-state index is 13.4. The molecule has 2 aliphatic rings. The van der Waals surface area contributed by atoms with Gasteiger partial charge in [0.2, 0.25) is 5.91 Å². The first-order chi connectivity index (χ1) is 16.5. The van der Waals surface area contributed by atoms with Gasteiger partial charge in [0.05, 0.1) is 22.7 Å². The number of pyridine rings is 1. The van der Waals surface area contributed by atoms with Gasteiger partial charge >= 0.3 is 6.18 Å². The van der Waals surface area contributed by atoms with Crippen molar-refractivity contribution >= 4 is 28.3 Å². The number of nitrogens with one attached hydrogen (secondary N) is 1. The summed E-state index contributed by atoms with van der Waals surface area (Å²) < 4.78 is 40.2. The van der Waals surface area contributed by atoms with Crippen molar-refractivity contribution in [1.82, 2.24) is 20.1 Å². The lowest BCUT2D eigenvalue weighted by atomic mass is 9.78. The Morgan fingerprint density at radius 2 is 1.89 bits per heavy atom. The first-order valence-corrected chi connectivity index (χ1v) is 11.6. The predicted molar refractivity (Wildman–Crippen MR) is 127 cm³/mol. The molecule has 1 spiro atoms. The molecule has 0 aliphatic carbocycles. The second-order valence-corrected chi connectivity index (χ2v) is 9.72. The molecule has 5 rings (SSSR count). The molecule has 2 aromatic heterocycles. The van der Waals surface area contributed by atoms with Crippen molar-refractivity contribution in [2.75, 3.05) is 36.9 Å². The van der Waals surface area contributed by atoms with Crippen LogP contribution in [0.4, 0.5) is 24.8 Å². The lowest BCUT2D eigenvalue weighted by Crippen LogP contribution is -2.60. The Balaban J connectivity index is 1.44. The molecule has 184 valence electrons. The molecule has 0 saturated carbocycles. The van der Waals surface area contributed by atoms with Crippen LogP contribution in [0.3, 0.4) is 0 Å². The van der Waals surface area contributed by atoms with Gasteiger partial charge in [-0.3, -0.25) is 4.79 Å². The fraction of sp³-hybridized carbons (Fsp3) is 0.440. The molecular weight excluding hydrogens is 457 g/mol. The number of aryl methyl sites for hydroxylation is 1. The highest BCUT2D eigenvalue weighted by Crippen LogP contribution is 2.43. The fourth-order valence-electron chi connectivity index (χ4n) is 5.29. The third-order valence-corrected chi connectivity index (χ3v) is 7.37. The molecule has 7 nitrogen and oxygen atoms in total. The minimum absolute atomic E-state index is 0.184. The van der Waals surface area contributed by atoms with Crippen LogP contribution in [-0.2, 0) is 11.0 Å². The fourth-order valence-corrected chi connectivity index (χ4v) is 5.29.